The maximum Gasteiger partial charge on any atom is 0.238 e. The van der Waals surface area contributed by atoms with Crippen molar-refractivity contribution >= 4 is 34.8 Å². The number of nitrogens with zero attached hydrogens (tertiary/aromatic N) is 2. The predicted molar refractivity (Wildman–Crippen MR) is 117 cm³/mol. The van der Waals surface area contributed by atoms with Gasteiger partial charge in [-0.3, -0.25) is 19.4 Å². The van der Waals surface area contributed by atoms with Gasteiger partial charge in [0, 0.05) is 31.9 Å². The molecular weight excluding hydrogens is 407 g/mol. The Kier molecular flexibility index (Phi) is 7.42. The lowest BCUT2D eigenvalue weighted by molar-refractivity contribution is -0.120. The molecule has 0 bridgehead atoms. The van der Waals surface area contributed by atoms with Crippen molar-refractivity contribution in [3.05, 3.63) is 58.4 Å². The summed E-state index contributed by atoms with van der Waals surface area (Å²) in [5.41, 5.74) is 3.21. The molecule has 0 aliphatic carbocycles. The molecule has 1 fully saturated rings. The van der Waals surface area contributed by atoms with E-state index in [9.17, 15) is 14.0 Å². The molecule has 0 radical (unpaired) electrons. The van der Waals surface area contributed by atoms with Crippen molar-refractivity contribution in [3.8, 4) is 0 Å². The van der Waals surface area contributed by atoms with E-state index in [-0.39, 0.29) is 30.7 Å². The minimum absolute atomic E-state index is 0.105. The highest BCUT2D eigenvalue weighted by atomic mass is 35.5. The first-order valence-corrected chi connectivity index (χ1v) is 10.2. The smallest absolute Gasteiger partial charge is 0.238 e. The standard InChI is InChI=1S/C22H26ClFN4O2/c1-15-11-16(2)22(19(23)12-15)26-21(30)14-28-9-7-27(8-10-28)13-20(29)25-18-5-3-17(24)4-6-18/h3-6,11-12H,7-10,13-14H2,1-2H3,(H,25,29)(H,26,30). The monoisotopic (exact) mass is 432 g/mol. The Hall–Kier alpha value is -2.48. The van der Waals surface area contributed by atoms with E-state index in [0.717, 1.165) is 11.1 Å². The number of anilines is 2. The van der Waals surface area contributed by atoms with Crippen LogP contribution in [-0.2, 0) is 9.59 Å². The molecule has 0 aromatic heterocycles. The summed E-state index contributed by atoms with van der Waals surface area (Å²) in [6.07, 6.45) is 0. The number of nitrogens with one attached hydrogen (secondary N) is 2. The van der Waals surface area contributed by atoms with Crippen LogP contribution in [0.4, 0.5) is 15.8 Å². The van der Waals surface area contributed by atoms with E-state index in [1.165, 1.54) is 24.3 Å². The quantitative estimate of drug-likeness (QED) is 0.735. The van der Waals surface area contributed by atoms with E-state index in [1.54, 1.807) is 0 Å². The lowest BCUT2D eigenvalue weighted by Gasteiger charge is -2.33. The second-order valence-electron chi connectivity index (χ2n) is 7.59. The number of benzene rings is 2. The SMILES string of the molecule is Cc1cc(C)c(NC(=O)CN2CCN(CC(=O)Nc3ccc(F)cc3)CC2)c(Cl)c1. The highest BCUT2D eigenvalue weighted by Crippen LogP contribution is 2.27. The first-order chi connectivity index (χ1) is 14.3. The van der Waals surface area contributed by atoms with Crippen molar-refractivity contribution < 1.29 is 14.0 Å². The lowest BCUT2D eigenvalue weighted by Crippen LogP contribution is -2.50. The van der Waals surface area contributed by atoms with Crippen molar-refractivity contribution in [1.29, 1.82) is 0 Å². The summed E-state index contributed by atoms with van der Waals surface area (Å²) in [6.45, 7) is 7.18. The van der Waals surface area contributed by atoms with E-state index >= 15 is 0 Å². The summed E-state index contributed by atoms with van der Waals surface area (Å²) >= 11 is 6.26. The van der Waals surface area contributed by atoms with Gasteiger partial charge in [-0.15, -0.1) is 0 Å². The molecule has 1 aliphatic rings. The molecule has 2 aromatic rings. The highest BCUT2D eigenvalue weighted by molar-refractivity contribution is 6.34. The van der Waals surface area contributed by atoms with Gasteiger partial charge in [0.1, 0.15) is 5.82 Å². The maximum absolute atomic E-state index is 12.9. The van der Waals surface area contributed by atoms with Gasteiger partial charge in [0.05, 0.1) is 23.8 Å². The number of halogens is 2. The maximum atomic E-state index is 12.9. The normalized spacial score (nSPS) is 15.1. The Morgan fingerprint density at radius 1 is 0.933 bits per heavy atom. The van der Waals surface area contributed by atoms with Gasteiger partial charge in [0.15, 0.2) is 0 Å². The van der Waals surface area contributed by atoms with Crippen LogP contribution in [0.2, 0.25) is 5.02 Å². The number of amides is 2. The third kappa shape index (κ3) is 6.26. The molecule has 30 heavy (non-hydrogen) atoms. The Labute approximate surface area is 181 Å². The zero-order valence-electron chi connectivity index (χ0n) is 17.2. The van der Waals surface area contributed by atoms with Crippen LogP contribution < -0.4 is 10.6 Å². The number of carbonyl (C=O) groups excluding carboxylic acids is 2. The van der Waals surface area contributed by atoms with Crippen LogP contribution in [0.1, 0.15) is 11.1 Å². The van der Waals surface area contributed by atoms with Gasteiger partial charge < -0.3 is 10.6 Å². The fourth-order valence-corrected chi connectivity index (χ4v) is 3.87. The van der Waals surface area contributed by atoms with Gasteiger partial charge in [-0.05, 0) is 55.3 Å². The molecular formula is C22H26ClFN4O2. The average molecular weight is 433 g/mol. The second-order valence-corrected chi connectivity index (χ2v) is 8.00. The number of piperazine rings is 1. The van der Waals surface area contributed by atoms with Crippen LogP contribution in [0.25, 0.3) is 0 Å². The van der Waals surface area contributed by atoms with E-state index in [4.69, 9.17) is 11.6 Å². The molecule has 2 amide bonds. The highest BCUT2D eigenvalue weighted by Gasteiger charge is 2.21. The summed E-state index contributed by atoms with van der Waals surface area (Å²) in [6, 6.07) is 9.50. The first-order valence-electron chi connectivity index (χ1n) is 9.87. The molecule has 1 aliphatic heterocycles. The van der Waals surface area contributed by atoms with Crippen LogP contribution in [0.15, 0.2) is 36.4 Å². The Morgan fingerprint density at radius 2 is 1.47 bits per heavy atom. The molecule has 1 heterocycles. The van der Waals surface area contributed by atoms with E-state index in [0.29, 0.717) is 42.6 Å². The number of hydrogen-bond acceptors (Lipinski definition) is 4. The molecule has 160 valence electrons. The molecule has 6 nitrogen and oxygen atoms in total. The van der Waals surface area contributed by atoms with Crippen LogP contribution in [0, 0.1) is 19.7 Å². The predicted octanol–water partition coefficient (Wildman–Crippen LogP) is 3.29. The fourth-order valence-electron chi connectivity index (χ4n) is 3.50. The zero-order chi connectivity index (χ0) is 21.7. The minimum atomic E-state index is -0.340. The van der Waals surface area contributed by atoms with Gasteiger partial charge >= 0.3 is 0 Å². The van der Waals surface area contributed by atoms with E-state index < -0.39 is 0 Å². The molecule has 0 unspecified atom stereocenters. The lowest BCUT2D eigenvalue weighted by atomic mass is 10.1. The Bertz CT molecular complexity index is 889. The van der Waals surface area contributed by atoms with Gasteiger partial charge in [-0.1, -0.05) is 17.7 Å². The van der Waals surface area contributed by atoms with Gasteiger partial charge in [0.2, 0.25) is 11.8 Å². The molecule has 2 aromatic carbocycles. The topological polar surface area (TPSA) is 64.7 Å². The van der Waals surface area contributed by atoms with Crippen molar-refractivity contribution in [3.63, 3.8) is 0 Å². The van der Waals surface area contributed by atoms with Gasteiger partial charge in [-0.25, -0.2) is 4.39 Å². The largest absolute Gasteiger partial charge is 0.325 e. The van der Waals surface area contributed by atoms with Crippen molar-refractivity contribution in [2.24, 2.45) is 0 Å². The van der Waals surface area contributed by atoms with Crippen molar-refractivity contribution in [2.75, 3.05) is 49.9 Å². The number of aryl methyl sites for hydroxylation is 2. The van der Waals surface area contributed by atoms with E-state index in [1.807, 2.05) is 30.9 Å². The third-order valence-electron chi connectivity index (χ3n) is 5.02. The molecule has 0 saturated carbocycles. The molecule has 0 atom stereocenters. The van der Waals surface area contributed by atoms with Crippen LogP contribution >= 0.6 is 11.6 Å². The van der Waals surface area contributed by atoms with Crippen molar-refractivity contribution in [2.45, 2.75) is 13.8 Å². The number of carbonyl (C=O) groups is 2. The Morgan fingerprint density at radius 3 is 2.00 bits per heavy atom. The molecule has 8 heteroatoms. The van der Waals surface area contributed by atoms with Crippen molar-refractivity contribution in [1.82, 2.24) is 9.80 Å². The summed E-state index contributed by atoms with van der Waals surface area (Å²) in [7, 11) is 0. The Balaban J connectivity index is 1.42. The second kappa shape index (κ2) is 10.0. The summed E-state index contributed by atoms with van der Waals surface area (Å²) in [5, 5.41) is 6.21. The minimum Gasteiger partial charge on any atom is -0.325 e. The molecule has 2 N–H and O–H groups in total. The van der Waals surface area contributed by atoms with Gasteiger partial charge in [0.25, 0.3) is 0 Å². The number of rotatable bonds is 6. The summed E-state index contributed by atoms with van der Waals surface area (Å²) < 4.78 is 12.9. The molecule has 0 spiro atoms. The fraction of sp³-hybridized carbons (Fsp3) is 0.364. The molecule has 1 saturated heterocycles. The van der Waals surface area contributed by atoms with Crippen LogP contribution in [0.5, 0.6) is 0 Å². The van der Waals surface area contributed by atoms with Crippen LogP contribution in [0.3, 0.4) is 0 Å². The third-order valence-corrected chi connectivity index (χ3v) is 5.32. The van der Waals surface area contributed by atoms with Gasteiger partial charge in [-0.2, -0.15) is 0 Å². The average Bonchev–Trinajstić information content (AvgIpc) is 2.68. The zero-order valence-corrected chi connectivity index (χ0v) is 17.9. The molecule has 3 rings (SSSR count). The van der Waals surface area contributed by atoms with Crippen LogP contribution in [-0.4, -0.2) is 60.9 Å². The summed E-state index contributed by atoms with van der Waals surface area (Å²) in [4.78, 5) is 28.7. The first kappa shape index (κ1) is 22.2. The summed E-state index contributed by atoms with van der Waals surface area (Å²) in [5.74, 6) is -0.586. The number of hydrogen-bond donors (Lipinski definition) is 2. The van der Waals surface area contributed by atoms with E-state index in [2.05, 4.69) is 15.5 Å².